The summed E-state index contributed by atoms with van der Waals surface area (Å²) in [6.07, 6.45) is 1.26. The molecule has 2 aromatic carbocycles. The minimum atomic E-state index is -2.44. The second kappa shape index (κ2) is 13.2. The molecule has 8 heteroatoms. The van der Waals surface area contributed by atoms with Crippen molar-refractivity contribution in [1.29, 1.82) is 0 Å². The lowest BCUT2D eigenvalue weighted by molar-refractivity contribution is 0.235. The molecule has 2 atom stereocenters. The van der Waals surface area contributed by atoms with E-state index in [1.807, 2.05) is 12.1 Å². The molecule has 0 aliphatic carbocycles. The van der Waals surface area contributed by atoms with Gasteiger partial charge in [0.25, 0.3) is 0 Å². The van der Waals surface area contributed by atoms with Gasteiger partial charge in [-0.05, 0) is 73.9 Å². The second-order valence-electron chi connectivity index (χ2n) is 6.78. The van der Waals surface area contributed by atoms with Crippen molar-refractivity contribution >= 4 is 16.5 Å². The second-order valence-corrected chi connectivity index (χ2v) is 8.94. The van der Waals surface area contributed by atoms with Gasteiger partial charge in [-0.2, -0.15) is 0 Å². The van der Waals surface area contributed by atoms with Crippen molar-refractivity contribution in [2.24, 2.45) is 0 Å². The molecule has 0 spiro atoms. The fraction of sp³-hybridized carbons (Fsp3) is 0.455. The molecular weight excluding hydrogens is 422 g/mol. The Bertz CT molecular complexity index is 797. The van der Waals surface area contributed by atoms with E-state index in [1.54, 1.807) is 13.8 Å². The highest BCUT2D eigenvalue weighted by Gasteiger charge is 2.15. The highest BCUT2D eigenvalue weighted by atomic mass is 31.1. The molecule has 2 aromatic rings. The summed E-state index contributed by atoms with van der Waals surface area (Å²) in [7, 11) is -4.89. The SMILES string of the molecule is CCO[PH](=O)OCCc1cccc(C)c1-c1c(C)cccc1CCO[PH](=O)OCC. The summed E-state index contributed by atoms with van der Waals surface area (Å²) in [5, 5.41) is 0. The van der Waals surface area contributed by atoms with E-state index in [0.29, 0.717) is 39.3 Å². The van der Waals surface area contributed by atoms with E-state index in [1.165, 1.54) is 0 Å². The predicted molar refractivity (Wildman–Crippen MR) is 122 cm³/mol. The lowest BCUT2D eigenvalue weighted by Gasteiger charge is -2.19. The Morgan fingerprint density at radius 3 is 1.43 bits per heavy atom. The molecular formula is C22H32O6P2. The van der Waals surface area contributed by atoms with Gasteiger partial charge in [-0.3, -0.25) is 9.13 Å². The van der Waals surface area contributed by atoms with Crippen molar-refractivity contribution < 1.29 is 27.2 Å². The molecule has 0 aliphatic rings. The normalized spacial score (nSPS) is 13.3. The van der Waals surface area contributed by atoms with Crippen LogP contribution in [0.3, 0.4) is 0 Å². The molecule has 0 heterocycles. The van der Waals surface area contributed by atoms with Crippen LogP contribution in [-0.4, -0.2) is 26.4 Å². The third-order valence-electron chi connectivity index (χ3n) is 4.68. The first-order valence-electron chi connectivity index (χ1n) is 10.2. The van der Waals surface area contributed by atoms with E-state index in [0.717, 1.165) is 33.4 Å². The van der Waals surface area contributed by atoms with Gasteiger partial charge in [0.2, 0.25) is 0 Å². The summed E-state index contributed by atoms with van der Waals surface area (Å²) in [5.41, 5.74) is 6.88. The average molecular weight is 454 g/mol. The molecule has 0 saturated carbocycles. The number of hydrogen-bond donors (Lipinski definition) is 0. The van der Waals surface area contributed by atoms with Crippen LogP contribution in [0.15, 0.2) is 36.4 Å². The van der Waals surface area contributed by atoms with Crippen molar-refractivity contribution in [1.82, 2.24) is 0 Å². The first kappa shape index (κ1) is 25.0. The lowest BCUT2D eigenvalue weighted by atomic mass is 9.87. The lowest BCUT2D eigenvalue weighted by Crippen LogP contribution is -2.03. The zero-order valence-electron chi connectivity index (χ0n) is 18.2. The van der Waals surface area contributed by atoms with Gasteiger partial charge in [-0.25, -0.2) is 0 Å². The van der Waals surface area contributed by atoms with Gasteiger partial charge in [0, 0.05) is 0 Å². The van der Waals surface area contributed by atoms with Crippen molar-refractivity contribution in [3.8, 4) is 11.1 Å². The molecule has 0 radical (unpaired) electrons. The van der Waals surface area contributed by atoms with Crippen LogP contribution in [0.25, 0.3) is 11.1 Å². The number of hydrogen-bond acceptors (Lipinski definition) is 6. The molecule has 6 nitrogen and oxygen atoms in total. The van der Waals surface area contributed by atoms with Crippen LogP contribution in [0.5, 0.6) is 0 Å². The Morgan fingerprint density at radius 1 is 0.667 bits per heavy atom. The van der Waals surface area contributed by atoms with Crippen LogP contribution in [0.4, 0.5) is 0 Å². The van der Waals surface area contributed by atoms with Crippen LogP contribution >= 0.6 is 16.5 Å². The van der Waals surface area contributed by atoms with Gasteiger partial charge < -0.3 is 18.1 Å². The highest BCUT2D eigenvalue weighted by molar-refractivity contribution is 7.33. The van der Waals surface area contributed by atoms with Crippen molar-refractivity contribution in [3.05, 3.63) is 58.7 Å². The van der Waals surface area contributed by atoms with E-state index in [4.69, 9.17) is 18.1 Å². The molecule has 0 amide bonds. The molecule has 0 aliphatic heterocycles. The number of aryl methyl sites for hydroxylation is 2. The maximum atomic E-state index is 11.7. The zero-order valence-corrected chi connectivity index (χ0v) is 20.2. The Balaban J connectivity index is 2.25. The van der Waals surface area contributed by atoms with Crippen molar-refractivity contribution in [3.63, 3.8) is 0 Å². The van der Waals surface area contributed by atoms with Gasteiger partial charge in [-0.15, -0.1) is 0 Å². The van der Waals surface area contributed by atoms with Gasteiger partial charge in [-0.1, -0.05) is 36.4 Å². The Hall–Kier alpha value is -1.26. The summed E-state index contributed by atoms with van der Waals surface area (Å²) >= 11 is 0. The molecule has 166 valence electrons. The van der Waals surface area contributed by atoms with Crippen LogP contribution in [0.1, 0.15) is 36.1 Å². The van der Waals surface area contributed by atoms with Crippen molar-refractivity contribution in [2.75, 3.05) is 26.4 Å². The topological polar surface area (TPSA) is 71.1 Å². The quantitative estimate of drug-likeness (QED) is 0.349. The minimum absolute atomic E-state index is 0.328. The van der Waals surface area contributed by atoms with Crippen molar-refractivity contribution in [2.45, 2.75) is 40.5 Å². The molecule has 0 saturated heterocycles. The van der Waals surface area contributed by atoms with E-state index >= 15 is 0 Å². The maximum Gasteiger partial charge on any atom is 0.319 e. The molecule has 0 bridgehead atoms. The molecule has 0 N–H and O–H groups in total. The van der Waals surface area contributed by atoms with E-state index in [2.05, 4.69) is 38.1 Å². The van der Waals surface area contributed by atoms with Crippen LogP contribution in [0, 0.1) is 13.8 Å². The molecule has 2 unspecified atom stereocenters. The largest absolute Gasteiger partial charge is 0.319 e. The molecule has 30 heavy (non-hydrogen) atoms. The monoisotopic (exact) mass is 454 g/mol. The third kappa shape index (κ3) is 7.46. The summed E-state index contributed by atoms with van der Waals surface area (Å²) < 4.78 is 44.1. The molecule has 2 rings (SSSR count). The summed E-state index contributed by atoms with van der Waals surface area (Å²) in [6.45, 7) is 9.16. The minimum Gasteiger partial charge on any atom is -0.311 e. The standard InChI is InChI=1S/C22H32O6P2/c1-5-25-29(23)27-15-13-19-11-7-9-17(3)21(19)22-18(4)10-8-12-20(22)14-16-28-30(24)26-6-2/h7-12,29-30H,5-6,13-16H2,1-4H3. The fourth-order valence-corrected chi connectivity index (χ4v) is 4.57. The first-order chi connectivity index (χ1) is 14.5. The Kier molecular flexibility index (Phi) is 11.0. The predicted octanol–water partition coefficient (Wildman–Crippen LogP) is 5.94. The fourth-order valence-electron chi connectivity index (χ4n) is 3.40. The number of rotatable bonds is 13. The number of benzene rings is 2. The van der Waals surface area contributed by atoms with Gasteiger partial charge in [0.05, 0.1) is 26.4 Å². The Morgan fingerprint density at radius 2 is 1.07 bits per heavy atom. The average Bonchev–Trinajstić information content (AvgIpc) is 2.70. The summed E-state index contributed by atoms with van der Waals surface area (Å²) in [4.78, 5) is 0. The smallest absolute Gasteiger partial charge is 0.311 e. The maximum absolute atomic E-state index is 11.7. The van der Waals surface area contributed by atoms with E-state index < -0.39 is 16.5 Å². The van der Waals surface area contributed by atoms with Gasteiger partial charge in [0.15, 0.2) is 0 Å². The van der Waals surface area contributed by atoms with E-state index in [9.17, 15) is 9.13 Å². The zero-order chi connectivity index (χ0) is 21.9. The third-order valence-corrected chi connectivity index (χ3v) is 6.60. The van der Waals surface area contributed by atoms with Crippen LogP contribution < -0.4 is 0 Å². The van der Waals surface area contributed by atoms with Crippen LogP contribution in [0.2, 0.25) is 0 Å². The van der Waals surface area contributed by atoms with Gasteiger partial charge in [0.1, 0.15) is 0 Å². The van der Waals surface area contributed by atoms with Gasteiger partial charge >= 0.3 is 16.5 Å². The van der Waals surface area contributed by atoms with Crippen LogP contribution in [-0.2, 0) is 40.1 Å². The van der Waals surface area contributed by atoms with E-state index in [-0.39, 0.29) is 0 Å². The first-order valence-corrected chi connectivity index (χ1v) is 12.7. The summed E-state index contributed by atoms with van der Waals surface area (Å²) in [6, 6.07) is 12.4. The molecule has 0 aromatic heterocycles. The highest BCUT2D eigenvalue weighted by Crippen LogP contribution is 2.35. The Labute approximate surface area is 180 Å². The molecule has 0 fully saturated rings. The summed E-state index contributed by atoms with van der Waals surface area (Å²) in [5.74, 6) is 0.